The van der Waals surface area contributed by atoms with Crippen LogP contribution >= 0.6 is 0 Å². The summed E-state index contributed by atoms with van der Waals surface area (Å²) in [7, 11) is 1.64. The van der Waals surface area contributed by atoms with Crippen molar-refractivity contribution in [2.24, 2.45) is 0 Å². The Balaban J connectivity index is 2.22. The smallest absolute Gasteiger partial charge is 0.187 e. The maximum Gasteiger partial charge on any atom is 0.187 e. The molecule has 0 saturated carbocycles. The van der Waals surface area contributed by atoms with Crippen molar-refractivity contribution >= 4 is 0 Å². The van der Waals surface area contributed by atoms with E-state index >= 15 is 0 Å². The van der Waals surface area contributed by atoms with Gasteiger partial charge in [-0.05, 0) is 40.0 Å². The molecule has 0 radical (unpaired) electrons. The van der Waals surface area contributed by atoms with E-state index in [4.69, 9.17) is 37.9 Å². The van der Waals surface area contributed by atoms with Crippen molar-refractivity contribution in [3.8, 4) is 0 Å². The molecule has 2 aliphatic heterocycles. The molecule has 0 amide bonds. The highest BCUT2D eigenvalue weighted by Gasteiger charge is 2.50. The van der Waals surface area contributed by atoms with Crippen molar-refractivity contribution in [2.45, 2.75) is 135 Å². The Bertz CT molecular complexity index is 644. The summed E-state index contributed by atoms with van der Waals surface area (Å²) in [6, 6.07) is 0. The van der Waals surface area contributed by atoms with Gasteiger partial charge in [0, 0.05) is 26.9 Å². The van der Waals surface area contributed by atoms with E-state index in [1.165, 1.54) is 0 Å². The van der Waals surface area contributed by atoms with Crippen LogP contribution in [0.15, 0.2) is 12.2 Å². The minimum Gasteiger partial charge on any atom is -0.388 e. The highest BCUT2D eigenvalue weighted by atomic mass is 16.8. The van der Waals surface area contributed by atoms with Crippen LogP contribution in [0.3, 0.4) is 0 Å². The van der Waals surface area contributed by atoms with Crippen LogP contribution in [-0.4, -0.2) is 100 Å². The first-order valence-corrected chi connectivity index (χ1v) is 14.6. The third kappa shape index (κ3) is 10.4. The minimum atomic E-state index is -0.934. The van der Waals surface area contributed by atoms with Gasteiger partial charge in [-0.3, -0.25) is 0 Å². The quantitative estimate of drug-likeness (QED) is 0.187. The van der Waals surface area contributed by atoms with Crippen LogP contribution in [0.25, 0.3) is 0 Å². The van der Waals surface area contributed by atoms with Crippen molar-refractivity contribution < 1.29 is 43.0 Å². The fourth-order valence-electron chi connectivity index (χ4n) is 4.71. The molecule has 2 rings (SSSR count). The summed E-state index contributed by atoms with van der Waals surface area (Å²) in [5.41, 5.74) is 0. The zero-order chi connectivity index (χ0) is 28.0. The molecule has 0 aromatic carbocycles. The van der Waals surface area contributed by atoms with Crippen LogP contribution in [0.5, 0.6) is 0 Å². The molecular weight excluding hydrogens is 492 g/mol. The predicted molar refractivity (Wildman–Crippen MR) is 145 cm³/mol. The second-order valence-corrected chi connectivity index (χ2v) is 10.6. The minimum absolute atomic E-state index is 0.0147. The van der Waals surface area contributed by atoms with Gasteiger partial charge in [0.15, 0.2) is 12.1 Å². The zero-order valence-electron chi connectivity index (χ0n) is 24.8. The van der Waals surface area contributed by atoms with E-state index < -0.39 is 42.6 Å². The van der Waals surface area contributed by atoms with Crippen molar-refractivity contribution in [1.29, 1.82) is 0 Å². The third-order valence-electron chi connectivity index (χ3n) is 6.70. The molecule has 224 valence electrons. The van der Waals surface area contributed by atoms with Crippen LogP contribution < -0.4 is 0 Å². The topological polar surface area (TPSA) is 94.1 Å². The molecule has 2 saturated heterocycles. The number of unbranched alkanes of at least 4 members (excludes halogenated alkanes) is 3. The van der Waals surface area contributed by atoms with Crippen LogP contribution in [0.4, 0.5) is 0 Å². The molecular formula is C29H54O9. The summed E-state index contributed by atoms with van der Waals surface area (Å²) in [6.45, 7) is 14.0. The number of ether oxygens (including phenoxy) is 8. The fraction of sp³-hybridized carbons (Fsp3) is 0.931. The number of hydrogen-bond acceptors (Lipinski definition) is 9. The molecule has 2 heterocycles. The molecule has 9 nitrogen and oxygen atoms in total. The maximum absolute atomic E-state index is 11.1. The maximum atomic E-state index is 11.1. The molecule has 0 spiro atoms. The number of rotatable bonds is 19. The van der Waals surface area contributed by atoms with Gasteiger partial charge >= 0.3 is 0 Å². The molecule has 0 bridgehead atoms. The average molecular weight is 547 g/mol. The van der Waals surface area contributed by atoms with Crippen LogP contribution in [0.1, 0.15) is 80.1 Å². The highest BCUT2D eigenvalue weighted by molar-refractivity contribution is 4.99. The van der Waals surface area contributed by atoms with Crippen molar-refractivity contribution in [1.82, 2.24) is 0 Å². The first kappa shape index (κ1) is 33.6. The van der Waals surface area contributed by atoms with Gasteiger partial charge < -0.3 is 43.0 Å². The number of aliphatic hydroxyl groups excluding tert-OH is 1. The summed E-state index contributed by atoms with van der Waals surface area (Å²) in [5, 5.41) is 11.1. The Morgan fingerprint density at radius 3 is 1.97 bits per heavy atom. The molecule has 5 unspecified atom stereocenters. The molecule has 0 aliphatic carbocycles. The Morgan fingerprint density at radius 1 is 0.842 bits per heavy atom. The van der Waals surface area contributed by atoms with Crippen molar-refractivity contribution in [2.75, 3.05) is 40.1 Å². The lowest BCUT2D eigenvalue weighted by molar-refractivity contribution is -0.327. The lowest BCUT2D eigenvalue weighted by Crippen LogP contribution is -2.62. The van der Waals surface area contributed by atoms with Gasteiger partial charge in [-0.2, -0.15) is 0 Å². The monoisotopic (exact) mass is 546 g/mol. The van der Waals surface area contributed by atoms with Gasteiger partial charge in [-0.25, -0.2) is 0 Å². The first-order chi connectivity index (χ1) is 18.3. The van der Waals surface area contributed by atoms with Crippen molar-refractivity contribution in [3.63, 3.8) is 0 Å². The largest absolute Gasteiger partial charge is 0.388 e. The Hall–Kier alpha value is -0.620. The highest BCUT2D eigenvalue weighted by Crippen LogP contribution is 2.33. The molecule has 0 aromatic heterocycles. The van der Waals surface area contributed by atoms with Crippen LogP contribution in [-0.2, 0) is 37.9 Å². The van der Waals surface area contributed by atoms with Gasteiger partial charge in [0.2, 0.25) is 0 Å². The van der Waals surface area contributed by atoms with Gasteiger partial charge in [0.05, 0.1) is 13.2 Å². The molecule has 8 atom stereocenters. The number of hydrogen-bond donors (Lipinski definition) is 1. The average Bonchev–Trinajstić information content (AvgIpc) is 3.19. The van der Waals surface area contributed by atoms with E-state index in [9.17, 15) is 5.11 Å². The third-order valence-corrected chi connectivity index (χ3v) is 6.70. The Labute approximate surface area is 230 Å². The Morgan fingerprint density at radius 2 is 1.42 bits per heavy atom. The fourth-order valence-corrected chi connectivity index (χ4v) is 4.71. The number of aliphatic hydroxyl groups is 1. The summed E-state index contributed by atoms with van der Waals surface area (Å²) >= 11 is 0. The number of methoxy groups -OCH3 is 1. The normalized spacial score (nSPS) is 32.3. The SMILES string of the molecule is CC=C[C@H]1OC(C)(C)O[C@H]1[C@@H](O)COC1OC(COC)C(OCCCC)C(OCCCC)C1OCCCC. The standard InChI is InChI=1S/C29H54O9/c1-8-12-16-32-25-23(20-31-7)36-28(27(34-18-14-10-3)26(25)33-17-13-9-2)35-19-21(30)24-22(15-11-4)37-29(5,6)38-24/h11,15,21-28,30H,8-10,12-14,16-20H2,1-7H3/t21-,22+,23?,24-,25?,26?,27?,28?/m0/s1. The van der Waals surface area contributed by atoms with Crippen LogP contribution in [0.2, 0.25) is 0 Å². The lowest BCUT2D eigenvalue weighted by atomic mass is 9.98. The second-order valence-electron chi connectivity index (χ2n) is 10.6. The first-order valence-electron chi connectivity index (χ1n) is 14.6. The van der Waals surface area contributed by atoms with E-state index in [2.05, 4.69) is 20.8 Å². The van der Waals surface area contributed by atoms with Gasteiger partial charge in [-0.1, -0.05) is 52.2 Å². The molecule has 2 aliphatic rings. The zero-order valence-corrected chi connectivity index (χ0v) is 24.8. The van der Waals surface area contributed by atoms with Gasteiger partial charge in [0.25, 0.3) is 0 Å². The summed E-state index contributed by atoms with van der Waals surface area (Å²) in [6.07, 6.45) is 5.29. The lowest BCUT2D eigenvalue weighted by Gasteiger charge is -2.46. The second kappa shape index (κ2) is 17.9. The van der Waals surface area contributed by atoms with E-state index in [-0.39, 0.29) is 18.8 Å². The molecule has 38 heavy (non-hydrogen) atoms. The van der Waals surface area contributed by atoms with Gasteiger partial charge in [-0.15, -0.1) is 0 Å². The molecule has 0 aromatic rings. The van der Waals surface area contributed by atoms with Crippen molar-refractivity contribution in [3.05, 3.63) is 12.2 Å². The van der Waals surface area contributed by atoms with E-state index in [0.29, 0.717) is 26.4 Å². The summed E-state index contributed by atoms with van der Waals surface area (Å²) in [5.74, 6) is -0.798. The predicted octanol–water partition coefficient (Wildman–Crippen LogP) is 4.39. The van der Waals surface area contributed by atoms with Crippen LogP contribution in [0, 0.1) is 0 Å². The Kier molecular flexibility index (Phi) is 15.9. The van der Waals surface area contributed by atoms with Gasteiger partial charge in [0.1, 0.15) is 42.7 Å². The summed E-state index contributed by atoms with van der Waals surface area (Å²) < 4.78 is 49.2. The van der Waals surface area contributed by atoms with E-state index in [1.807, 2.05) is 32.9 Å². The molecule has 1 N–H and O–H groups in total. The molecule has 9 heteroatoms. The number of allylic oxidation sites excluding steroid dienone is 1. The summed E-state index contributed by atoms with van der Waals surface area (Å²) in [4.78, 5) is 0. The van der Waals surface area contributed by atoms with E-state index in [0.717, 1.165) is 38.5 Å². The van der Waals surface area contributed by atoms with E-state index in [1.54, 1.807) is 7.11 Å². The molecule has 2 fully saturated rings.